The molecule has 0 spiro atoms. The van der Waals surface area contributed by atoms with Crippen LogP contribution in [0.15, 0.2) is 60.8 Å². The van der Waals surface area contributed by atoms with Gasteiger partial charge in [-0.25, -0.2) is 0 Å². The lowest BCUT2D eigenvalue weighted by atomic mass is 10.1. The van der Waals surface area contributed by atoms with E-state index in [1.54, 1.807) is 30.5 Å². The molecule has 3 rings (SSSR count). The molecule has 132 valence electrons. The molecule has 2 amide bonds. The Morgan fingerprint density at radius 3 is 2.27 bits per heavy atom. The van der Waals surface area contributed by atoms with Crippen LogP contribution >= 0.6 is 0 Å². The lowest BCUT2D eigenvalue weighted by Crippen LogP contribution is -2.18. The van der Waals surface area contributed by atoms with Crippen LogP contribution < -0.4 is 10.6 Å². The van der Waals surface area contributed by atoms with Crippen LogP contribution in [0.2, 0.25) is 0 Å². The number of fused-ring (bicyclic) bond motifs is 1. The van der Waals surface area contributed by atoms with Gasteiger partial charge in [0.15, 0.2) is 0 Å². The van der Waals surface area contributed by atoms with Crippen molar-refractivity contribution in [3.8, 4) is 0 Å². The number of nitrogens with zero attached hydrogens (tertiary/aromatic N) is 1. The predicted molar refractivity (Wildman–Crippen MR) is 104 cm³/mol. The zero-order chi connectivity index (χ0) is 18.5. The molecule has 2 aromatic carbocycles. The quantitative estimate of drug-likeness (QED) is 0.732. The lowest BCUT2D eigenvalue weighted by molar-refractivity contribution is -0.119. The highest BCUT2D eigenvalue weighted by atomic mass is 16.2. The molecule has 0 aliphatic heterocycles. The van der Waals surface area contributed by atoms with Crippen molar-refractivity contribution in [3.63, 3.8) is 0 Å². The normalized spacial score (nSPS) is 10.7. The number of amides is 2. The Bertz CT molecular complexity index is 928. The largest absolute Gasteiger partial charge is 0.326 e. The molecular weight excluding hydrogens is 326 g/mol. The van der Waals surface area contributed by atoms with Crippen LogP contribution in [-0.4, -0.2) is 16.8 Å². The molecule has 0 bridgehead atoms. The van der Waals surface area contributed by atoms with Crippen LogP contribution in [0.3, 0.4) is 0 Å². The summed E-state index contributed by atoms with van der Waals surface area (Å²) in [5, 5.41) is 6.72. The monoisotopic (exact) mass is 347 g/mol. The first-order valence-corrected chi connectivity index (χ1v) is 8.56. The predicted octanol–water partition coefficient (Wildman–Crippen LogP) is 4.01. The number of rotatable bonds is 5. The summed E-state index contributed by atoms with van der Waals surface area (Å²) in [6.45, 7) is 3.68. The third kappa shape index (κ3) is 4.25. The number of pyridine rings is 1. The minimum absolute atomic E-state index is 0.0368. The smallest absolute Gasteiger partial charge is 0.228 e. The number of para-hydroxylation sites is 1. The topological polar surface area (TPSA) is 71.1 Å². The summed E-state index contributed by atoms with van der Waals surface area (Å²) in [5.41, 5.74) is 3.13. The number of hydrogen-bond donors (Lipinski definition) is 2. The van der Waals surface area contributed by atoms with E-state index in [0.717, 1.165) is 16.5 Å². The number of aromatic nitrogens is 1. The third-order valence-electron chi connectivity index (χ3n) is 4.03. The summed E-state index contributed by atoms with van der Waals surface area (Å²) >= 11 is 0. The van der Waals surface area contributed by atoms with E-state index in [1.807, 2.05) is 44.2 Å². The van der Waals surface area contributed by atoms with Crippen molar-refractivity contribution in [3.05, 3.63) is 66.4 Å². The Balaban J connectivity index is 1.65. The second kappa shape index (κ2) is 7.78. The van der Waals surface area contributed by atoms with E-state index in [2.05, 4.69) is 15.6 Å². The van der Waals surface area contributed by atoms with Gasteiger partial charge in [-0.15, -0.1) is 0 Å². The van der Waals surface area contributed by atoms with E-state index in [4.69, 9.17) is 0 Å². The Hall–Kier alpha value is -3.21. The van der Waals surface area contributed by atoms with Gasteiger partial charge in [-0.3, -0.25) is 14.6 Å². The Morgan fingerprint density at radius 1 is 0.923 bits per heavy atom. The van der Waals surface area contributed by atoms with E-state index in [9.17, 15) is 9.59 Å². The highest BCUT2D eigenvalue weighted by Crippen LogP contribution is 2.18. The molecule has 1 heterocycles. The molecule has 0 saturated carbocycles. The minimum atomic E-state index is -0.109. The first-order chi connectivity index (χ1) is 12.5. The number of anilines is 2. The van der Waals surface area contributed by atoms with Crippen LogP contribution in [-0.2, 0) is 16.0 Å². The van der Waals surface area contributed by atoms with Crippen molar-refractivity contribution in [1.82, 2.24) is 4.98 Å². The molecule has 0 radical (unpaired) electrons. The van der Waals surface area contributed by atoms with Crippen molar-refractivity contribution < 1.29 is 9.59 Å². The first kappa shape index (κ1) is 17.6. The fourth-order valence-corrected chi connectivity index (χ4v) is 2.61. The van der Waals surface area contributed by atoms with Crippen molar-refractivity contribution in [2.45, 2.75) is 20.3 Å². The minimum Gasteiger partial charge on any atom is -0.326 e. The van der Waals surface area contributed by atoms with Crippen molar-refractivity contribution in [2.24, 2.45) is 5.92 Å². The van der Waals surface area contributed by atoms with E-state index >= 15 is 0 Å². The molecule has 0 fully saturated rings. The number of carbonyl (C=O) groups excluding carboxylic acids is 2. The van der Waals surface area contributed by atoms with Gasteiger partial charge in [0, 0.05) is 28.9 Å². The SMILES string of the molecule is CC(C)C(=O)Nc1ccc(NC(=O)Cc2cccc3cccnc23)cc1. The number of benzene rings is 2. The van der Waals surface area contributed by atoms with Gasteiger partial charge in [-0.05, 0) is 35.9 Å². The third-order valence-corrected chi connectivity index (χ3v) is 4.03. The van der Waals surface area contributed by atoms with Crippen molar-refractivity contribution in [2.75, 3.05) is 10.6 Å². The van der Waals surface area contributed by atoms with Crippen LogP contribution in [0, 0.1) is 5.92 Å². The Morgan fingerprint density at radius 2 is 1.58 bits per heavy atom. The average molecular weight is 347 g/mol. The maximum atomic E-state index is 12.4. The number of nitrogens with one attached hydrogen (secondary N) is 2. The van der Waals surface area contributed by atoms with Gasteiger partial charge in [-0.2, -0.15) is 0 Å². The summed E-state index contributed by atoms with van der Waals surface area (Å²) in [5.74, 6) is -0.226. The summed E-state index contributed by atoms with van der Waals surface area (Å²) in [6.07, 6.45) is 1.98. The van der Waals surface area contributed by atoms with Crippen molar-refractivity contribution in [1.29, 1.82) is 0 Å². The van der Waals surface area contributed by atoms with Gasteiger partial charge in [0.25, 0.3) is 0 Å². The summed E-state index contributed by atoms with van der Waals surface area (Å²) < 4.78 is 0. The lowest BCUT2D eigenvalue weighted by Gasteiger charge is -2.10. The molecule has 5 nitrogen and oxygen atoms in total. The van der Waals surface area contributed by atoms with Gasteiger partial charge in [-0.1, -0.05) is 38.1 Å². The van der Waals surface area contributed by atoms with Gasteiger partial charge < -0.3 is 10.6 Å². The molecule has 0 saturated heterocycles. The van der Waals surface area contributed by atoms with E-state index in [1.165, 1.54) is 0 Å². The highest BCUT2D eigenvalue weighted by Gasteiger charge is 2.09. The molecular formula is C21H21N3O2. The molecule has 0 unspecified atom stereocenters. The molecule has 0 aliphatic rings. The van der Waals surface area contributed by atoms with Gasteiger partial charge in [0.2, 0.25) is 11.8 Å². The maximum absolute atomic E-state index is 12.4. The van der Waals surface area contributed by atoms with E-state index in [-0.39, 0.29) is 24.2 Å². The fraction of sp³-hybridized carbons (Fsp3) is 0.190. The number of hydrogen-bond acceptors (Lipinski definition) is 3. The Kier molecular flexibility index (Phi) is 5.27. The molecule has 2 N–H and O–H groups in total. The first-order valence-electron chi connectivity index (χ1n) is 8.56. The zero-order valence-corrected chi connectivity index (χ0v) is 14.8. The standard InChI is InChI=1S/C21H21N3O2/c1-14(2)21(26)24-18-10-8-17(9-11-18)23-19(25)13-16-6-3-5-15-7-4-12-22-20(15)16/h3-12,14H,13H2,1-2H3,(H,23,25)(H,24,26). The summed E-state index contributed by atoms with van der Waals surface area (Å²) in [4.78, 5) is 28.4. The van der Waals surface area contributed by atoms with E-state index in [0.29, 0.717) is 11.4 Å². The average Bonchev–Trinajstić information content (AvgIpc) is 2.63. The molecule has 1 aromatic heterocycles. The summed E-state index contributed by atoms with van der Waals surface area (Å²) in [7, 11) is 0. The van der Waals surface area contributed by atoms with Gasteiger partial charge in [0.05, 0.1) is 11.9 Å². The molecule has 26 heavy (non-hydrogen) atoms. The number of carbonyl (C=O) groups is 2. The van der Waals surface area contributed by atoms with Gasteiger partial charge >= 0.3 is 0 Å². The fourth-order valence-electron chi connectivity index (χ4n) is 2.61. The second-order valence-corrected chi connectivity index (χ2v) is 6.44. The van der Waals surface area contributed by atoms with Crippen LogP contribution in [0.25, 0.3) is 10.9 Å². The Labute approximate surface area is 152 Å². The molecule has 5 heteroatoms. The zero-order valence-electron chi connectivity index (χ0n) is 14.8. The van der Waals surface area contributed by atoms with Crippen molar-refractivity contribution >= 4 is 34.1 Å². The summed E-state index contributed by atoms with van der Waals surface area (Å²) in [6, 6.07) is 16.8. The molecule has 0 atom stereocenters. The van der Waals surface area contributed by atoms with Crippen LogP contribution in [0.1, 0.15) is 19.4 Å². The molecule has 0 aliphatic carbocycles. The second-order valence-electron chi connectivity index (χ2n) is 6.44. The molecule has 3 aromatic rings. The van der Waals surface area contributed by atoms with Crippen LogP contribution in [0.4, 0.5) is 11.4 Å². The van der Waals surface area contributed by atoms with Crippen LogP contribution in [0.5, 0.6) is 0 Å². The van der Waals surface area contributed by atoms with Gasteiger partial charge in [0.1, 0.15) is 0 Å². The highest BCUT2D eigenvalue weighted by molar-refractivity contribution is 5.96. The maximum Gasteiger partial charge on any atom is 0.228 e. The van der Waals surface area contributed by atoms with E-state index < -0.39 is 0 Å².